The van der Waals surface area contributed by atoms with Gasteiger partial charge in [-0.15, -0.1) is 0 Å². The molecule has 1 saturated carbocycles. The van der Waals surface area contributed by atoms with Gasteiger partial charge in [-0.2, -0.15) is 0 Å². The number of rotatable bonds is 2. The van der Waals surface area contributed by atoms with E-state index in [4.69, 9.17) is 4.74 Å². The molecule has 2 aliphatic rings. The highest BCUT2D eigenvalue weighted by atomic mass is 16.5. The fourth-order valence-electron chi connectivity index (χ4n) is 3.21. The van der Waals surface area contributed by atoms with Crippen LogP contribution in [-0.4, -0.2) is 41.4 Å². The topological polar surface area (TPSA) is 62.7 Å². The number of morpholine rings is 1. The molecule has 1 aliphatic heterocycles. The summed E-state index contributed by atoms with van der Waals surface area (Å²) < 4.78 is 5.77. The van der Waals surface area contributed by atoms with Crippen molar-refractivity contribution >= 4 is 11.8 Å². The number of hydrogen-bond acceptors (Lipinski definition) is 4. The van der Waals surface area contributed by atoms with Gasteiger partial charge in [0.2, 0.25) is 0 Å². The lowest BCUT2D eigenvalue weighted by molar-refractivity contribution is 0.0251. The normalized spacial score (nSPS) is 26.3. The molecule has 1 saturated heterocycles. The van der Waals surface area contributed by atoms with Gasteiger partial charge in [0.05, 0.1) is 18.8 Å². The second-order valence-corrected chi connectivity index (χ2v) is 5.23. The summed E-state index contributed by atoms with van der Waals surface area (Å²) in [4.78, 5) is 18.0. The molecule has 1 N–H and O–H groups in total. The summed E-state index contributed by atoms with van der Waals surface area (Å²) in [6.45, 7) is 3.19. The third kappa shape index (κ3) is 2.08. The molecule has 1 aliphatic carbocycles. The number of carboxylic acids is 1. The van der Waals surface area contributed by atoms with Crippen LogP contribution in [0.15, 0.2) is 12.3 Å². The zero-order valence-corrected chi connectivity index (χ0v) is 11.0. The first kappa shape index (κ1) is 12.4. The van der Waals surface area contributed by atoms with Crippen molar-refractivity contribution in [1.29, 1.82) is 0 Å². The van der Waals surface area contributed by atoms with Crippen LogP contribution in [0.5, 0.6) is 0 Å². The largest absolute Gasteiger partial charge is 0.478 e. The quantitative estimate of drug-likeness (QED) is 0.881. The summed E-state index contributed by atoms with van der Waals surface area (Å²) in [5, 5.41) is 9.42. The average molecular weight is 262 g/mol. The summed E-state index contributed by atoms with van der Waals surface area (Å²) in [6.07, 6.45) is 5.18. The van der Waals surface area contributed by atoms with Gasteiger partial charge in [-0.1, -0.05) is 0 Å². The van der Waals surface area contributed by atoms with Crippen molar-refractivity contribution in [2.75, 3.05) is 18.1 Å². The molecular formula is C14H18N2O3. The molecule has 2 heterocycles. The number of fused-ring (bicyclic) bond motifs is 1. The first-order valence-electron chi connectivity index (χ1n) is 6.75. The van der Waals surface area contributed by atoms with Gasteiger partial charge in [0.1, 0.15) is 11.4 Å². The van der Waals surface area contributed by atoms with Gasteiger partial charge in [-0.3, -0.25) is 0 Å². The van der Waals surface area contributed by atoms with Crippen molar-refractivity contribution in [1.82, 2.24) is 4.98 Å². The molecule has 0 bridgehead atoms. The Morgan fingerprint density at radius 3 is 3.16 bits per heavy atom. The van der Waals surface area contributed by atoms with Crippen LogP contribution in [0, 0.1) is 6.92 Å². The number of aromatic carboxylic acids is 1. The first-order chi connectivity index (χ1) is 9.18. The van der Waals surface area contributed by atoms with Crippen molar-refractivity contribution in [3.8, 4) is 0 Å². The molecule has 5 nitrogen and oxygen atoms in total. The second-order valence-electron chi connectivity index (χ2n) is 5.23. The minimum Gasteiger partial charge on any atom is -0.478 e. The molecule has 2 unspecified atom stereocenters. The predicted molar refractivity (Wildman–Crippen MR) is 70.7 cm³/mol. The molecule has 5 heteroatoms. The number of aryl methyl sites for hydroxylation is 1. The molecule has 1 aromatic rings. The van der Waals surface area contributed by atoms with E-state index in [0.717, 1.165) is 31.4 Å². The Labute approximate surface area is 112 Å². The minimum absolute atomic E-state index is 0.234. The number of hydrogen-bond donors (Lipinski definition) is 1. The van der Waals surface area contributed by atoms with E-state index < -0.39 is 5.97 Å². The van der Waals surface area contributed by atoms with E-state index in [1.54, 1.807) is 12.3 Å². The highest BCUT2D eigenvalue weighted by Gasteiger charge is 2.38. The van der Waals surface area contributed by atoms with E-state index >= 15 is 0 Å². The van der Waals surface area contributed by atoms with Crippen LogP contribution >= 0.6 is 0 Å². The van der Waals surface area contributed by atoms with Crippen LogP contribution in [0.4, 0.5) is 5.82 Å². The van der Waals surface area contributed by atoms with E-state index in [-0.39, 0.29) is 12.1 Å². The fraction of sp³-hybridized carbons (Fsp3) is 0.571. The highest BCUT2D eigenvalue weighted by molar-refractivity contribution is 5.95. The number of anilines is 1. The maximum absolute atomic E-state index is 11.5. The third-order valence-corrected chi connectivity index (χ3v) is 4.11. The van der Waals surface area contributed by atoms with E-state index in [9.17, 15) is 9.90 Å². The van der Waals surface area contributed by atoms with Crippen LogP contribution in [0.3, 0.4) is 0 Å². The fourth-order valence-corrected chi connectivity index (χ4v) is 3.21. The Balaban J connectivity index is 2.01. The van der Waals surface area contributed by atoms with Crippen LogP contribution in [-0.2, 0) is 4.74 Å². The number of nitrogens with zero attached hydrogens (tertiary/aromatic N) is 2. The van der Waals surface area contributed by atoms with E-state index in [1.807, 2.05) is 6.92 Å². The molecule has 1 aromatic heterocycles. The third-order valence-electron chi connectivity index (χ3n) is 4.11. The van der Waals surface area contributed by atoms with Crippen LogP contribution in [0.2, 0.25) is 0 Å². The lowest BCUT2D eigenvalue weighted by Crippen LogP contribution is -2.49. The number of carbonyl (C=O) groups is 1. The van der Waals surface area contributed by atoms with Crippen LogP contribution in [0.1, 0.15) is 35.2 Å². The molecule has 2 fully saturated rings. The predicted octanol–water partition coefficient (Wildman–Crippen LogP) is 1.85. The van der Waals surface area contributed by atoms with Crippen molar-refractivity contribution in [3.05, 3.63) is 23.4 Å². The standard InChI is InChI=1S/C14H18N2O3/c1-9-5-6-15-13(12(9)14(17)18)16-7-8-19-11-4-2-3-10(11)16/h5-6,10-11H,2-4,7-8H2,1H3,(H,17,18). The minimum atomic E-state index is -0.901. The average Bonchev–Trinajstić information content (AvgIpc) is 2.85. The Hall–Kier alpha value is -1.62. The molecule has 19 heavy (non-hydrogen) atoms. The maximum atomic E-state index is 11.5. The van der Waals surface area contributed by atoms with E-state index in [1.165, 1.54) is 0 Å². The van der Waals surface area contributed by atoms with Crippen LogP contribution < -0.4 is 4.90 Å². The molecular weight excluding hydrogens is 244 g/mol. The number of ether oxygens (including phenoxy) is 1. The molecule has 0 amide bonds. The number of carboxylic acid groups (broad SMARTS) is 1. The smallest absolute Gasteiger partial charge is 0.339 e. The molecule has 102 valence electrons. The Morgan fingerprint density at radius 1 is 1.53 bits per heavy atom. The second kappa shape index (κ2) is 4.81. The highest BCUT2D eigenvalue weighted by Crippen LogP contribution is 2.34. The summed E-state index contributed by atoms with van der Waals surface area (Å²) >= 11 is 0. The van der Waals surface area contributed by atoms with Crippen LogP contribution in [0.25, 0.3) is 0 Å². The first-order valence-corrected chi connectivity index (χ1v) is 6.75. The van der Waals surface area contributed by atoms with Crippen molar-refractivity contribution in [2.24, 2.45) is 0 Å². The lowest BCUT2D eigenvalue weighted by Gasteiger charge is -2.39. The summed E-state index contributed by atoms with van der Waals surface area (Å²) in [5.41, 5.74) is 1.09. The summed E-state index contributed by atoms with van der Waals surface area (Å²) in [6, 6.07) is 2.03. The van der Waals surface area contributed by atoms with E-state index in [2.05, 4.69) is 9.88 Å². The number of aromatic nitrogens is 1. The van der Waals surface area contributed by atoms with Gasteiger partial charge in [-0.25, -0.2) is 9.78 Å². The van der Waals surface area contributed by atoms with Gasteiger partial charge in [-0.05, 0) is 37.8 Å². The molecule has 0 aromatic carbocycles. The summed E-state index contributed by atoms with van der Waals surface area (Å²) in [5.74, 6) is -0.297. The summed E-state index contributed by atoms with van der Waals surface area (Å²) in [7, 11) is 0. The monoisotopic (exact) mass is 262 g/mol. The number of pyridine rings is 1. The van der Waals surface area contributed by atoms with Gasteiger partial charge in [0.25, 0.3) is 0 Å². The molecule has 2 atom stereocenters. The molecule has 0 spiro atoms. The van der Waals surface area contributed by atoms with Gasteiger partial charge in [0.15, 0.2) is 0 Å². The zero-order chi connectivity index (χ0) is 13.4. The van der Waals surface area contributed by atoms with Crippen molar-refractivity contribution in [2.45, 2.75) is 38.3 Å². The maximum Gasteiger partial charge on any atom is 0.339 e. The Bertz CT molecular complexity index is 503. The lowest BCUT2D eigenvalue weighted by atomic mass is 10.1. The van der Waals surface area contributed by atoms with Gasteiger partial charge < -0.3 is 14.7 Å². The Kier molecular flexibility index (Phi) is 3.14. The van der Waals surface area contributed by atoms with Crippen molar-refractivity contribution < 1.29 is 14.6 Å². The Morgan fingerprint density at radius 2 is 2.37 bits per heavy atom. The van der Waals surface area contributed by atoms with E-state index in [0.29, 0.717) is 18.0 Å². The molecule has 0 radical (unpaired) electrons. The van der Waals surface area contributed by atoms with Crippen molar-refractivity contribution in [3.63, 3.8) is 0 Å². The van der Waals surface area contributed by atoms with Gasteiger partial charge in [0, 0.05) is 12.7 Å². The zero-order valence-electron chi connectivity index (χ0n) is 11.0. The molecule has 3 rings (SSSR count). The van der Waals surface area contributed by atoms with Gasteiger partial charge >= 0.3 is 5.97 Å². The SMILES string of the molecule is Cc1ccnc(N2CCOC3CCCC32)c1C(=O)O.